The number of nitro groups is 1. The van der Waals surface area contributed by atoms with Crippen LogP contribution < -0.4 is 5.32 Å². The summed E-state index contributed by atoms with van der Waals surface area (Å²) in [7, 11) is 0. The molecule has 20 heavy (non-hydrogen) atoms. The van der Waals surface area contributed by atoms with Gasteiger partial charge in [0.1, 0.15) is 0 Å². The number of rotatable bonds is 7. The quantitative estimate of drug-likeness (QED) is 0.476. The number of nitrogens with zero attached hydrogens (tertiary/aromatic N) is 1. The smallest absolute Gasteiger partial charge is 0.273 e. The van der Waals surface area contributed by atoms with Crippen molar-refractivity contribution in [1.82, 2.24) is 5.32 Å². The highest BCUT2D eigenvalue weighted by atomic mass is 16.6. The standard InChI is InChI=1S/C16H17N2O2/c19-18(20)16-11-5-4-10-15(16)13-17-12-6-9-14-7-2-1-3-8-14/h1-5,7-11,17H,6,12-13H2. The van der Waals surface area contributed by atoms with Gasteiger partial charge in [0, 0.05) is 18.2 Å². The van der Waals surface area contributed by atoms with E-state index in [2.05, 4.69) is 23.9 Å². The molecule has 0 aliphatic heterocycles. The van der Waals surface area contributed by atoms with Gasteiger partial charge in [0.2, 0.25) is 0 Å². The highest BCUT2D eigenvalue weighted by Crippen LogP contribution is 2.17. The molecule has 0 unspecified atom stereocenters. The van der Waals surface area contributed by atoms with E-state index in [0.717, 1.165) is 18.5 Å². The fourth-order valence-corrected chi connectivity index (χ4v) is 1.99. The maximum absolute atomic E-state index is 10.9. The van der Waals surface area contributed by atoms with Gasteiger partial charge >= 0.3 is 0 Å². The van der Waals surface area contributed by atoms with Gasteiger partial charge in [-0.2, -0.15) is 0 Å². The highest BCUT2D eigenvalue weighted by Gasteiger charge is 2.10. The molecular weight excluding hydrogens is 252 g/mol. The van der Waals surface area contributed by atoms with Gasteiger partial charge in [0.25, 0.3) is 5.69 Å². The Bertz CT molecular complexity index is 555. The Hall–Kier alpha value is -2.20. The molecule has 0 amide bonds. The number of benzene rings is 2. The first-order valence-corrected chi connectivity index (χ1v) is 6.58. The van der Waals surface area contributed by atoms with Gasteiger partial charge in [0.05, 0.1) is 4.92 Å². The third-order valence-corrected chi connectivity index (χ3v) is 3.00. The lowest BCUT2D eigenvalue weighted by Gasteiger charge is -2.05. The van der Waals surface area contributed by atoms with Crippen LogP contribution in [0.5, 0.6) is 0 Å². The Morgan fingerprint density at radius 2 is 1.75 bits per heavy atom. The van der Waals surface area contributed by atoms with Crippen molar-refractivity contribution >= 4 is 5.69 Å². The Balaban J connectivity index is 1.75. The number of nitro benzene ring substituents is 1. The lowest BCUT2D eigenvalue weighted by atomic mass is 10.1. The van der Waals surface area contributed by atoms with Crippen molar-refractivity contribution in [3.8, 4) is 0 Å². The van der Waals surface area contributed by atoms with E-state index in [4.69, 9.17) is 0 Å². The fourth-order valence-electron chi connectivity index (χ4n) is 1.99. The van der Waals surface area contributed by atoms with Crippen LogP contribution >= 0.6 is 0 Å². The molecule has 0 fully saturated rings. The van der Waals surface area contributed by atoms with E-state index in [1.54, 1.807) is 12.1 Å². The normalized spacial score (nSPS) is 10.4. The first-order chi connectivity index (χ1) is 9.77. The van der Waals surface area contributed by atoms with Gasteiger partial charge in [-0.15, -0.1) is 0 Å². The molecule has 1 radical (unpaired) electrons. The molecular formula is C16H17N2O2. The average Bonchev–Trinajstić information content (AvgIpc) is 2.48. The summed E-state index contributed by atoms with van der Waals surface area (Å²) >= 11 is 0. The third kappa shape index (κ3) is 4.17. The van der Waals surface area contributed by atoms with Crippen LogP contribution in [-0.4, -0.2) is 11.5 Å². The molecule has 103 valence electrons. The molecule has 4 heteroatoms. The van der Waals surface area contributed by atoms with Crippen LogP contribution in [0, 0.1) is 16.5 Å². The van der Waals surface area contributed by atoms with E-state index >= 15 is 0 Å². The predicted molar refractivity (Wildman–Crippen MR) is 79.3 cm³/mol. The Kier molecular flexibility index (Phi) is 5.26. The Labute approximate surface area is 118 Å². The first kappa shape index (κ1) is 14.2. The first-order valence-electron chi connectivity index (χ1n) is 6.58. The summed E-state index contributed by atoms with van der Waals surface area (Å²) in [5.41, 5.74) is 2.09. The van der Waals surface area contributed by atoms with E-state index < -0.39 is 0 Å². The van der Waals surface area contributed by atoms with Crippen molar-refractivity contribution in [3.05, 3.63) is 82.3 Å². The lowest BCUT2D eigenvalue weighted by Crippen LogP contribution is -2.15. The summed E-state index contributed by atoms with van der Waals surface area (Å²) in [6.07, 6.45) is 3.04. The number of para-hydroxylation sites is 1. The highest BCUT2D eigenvalue weighted by molar-refractivity contribution is 5.39. The molecule has 1 N–H and O–H groups in total. The van der Waals surface area contributed by atoms with Gasteiger partial charge in [-0.05, 0) is 24.9 Å². The minimum absolute atomic E-state index is 0.173. The SMILES string of the molecule is O=[N+]([O-])c1ccccc1CNCC[CH]c1ccccc1. The maximum Gasteiger partial charge on any atom is 0.273 e. The van der Waals surface area contributed by atoms with Gasteiger partial charge < -0.3 is 5.32 Å². The average molecular weight is 269 g/mol. The zero-order valence-electron chi connectivity index (χ0n) is 11.2. The summed E-state index contributed by atoms with van der Waals surface area (Å²) in [4.78, 5) is 10.5. The Morgan fingerprint density at radius 3 is 2.50 bits per heavy atom. The molecule has 2 aromatic carbocycles. The number of nitrogens with one attached hydrogen (secondary N) is 1. The van der Waals surface area contributed by atoms with Crippen molar-refractivity contribution in [1.29, 1.82) is 0 Å². The number of hydrogen-bond donors (Lipinski definition) is 1. The zero-order chi connectivity index (χ0) is 14.2. The lowest BCUT2D eigenvalue weighted by molar-refractivity contribution is -0.385. The van der Waals surface area contributed by atoms with E-state index in [1.807, 2.05) is 24.3 Å². The van der Waals surface area contributed by atoms with Gasteiger partial charge in [-0.1, -0.05) is 48.5 Å². The molecule has 0 saturated carbocycles. The summed E-state index contributed by atoms with van der Waals surface area (Å²) in [5.74, 6) is 0. The van der Waals surface area contributed by atoms with Crippen molar-refractivity contribution in [2.75, 3.05) is 6.54 Å². The molecule has 0 heterocycles. The largest absolute Gasteiger partial charge is 0.312 e. The topological polar surface area (TPSA) is 55.2 Å². The van der Waals surface area contributed by atoms with Crippen LogP contribution in [0.3, 0.4) is 0 Å². The summed E-state index contributed by atoms with van der Waals surface area (Å²) in [5, 5.41) is 14.1. The second kappa shape index (κ2) is 7.40. The van der Waals surface area contributed by atoms with Crippen LogP contribution in [0.2, 0.25) is 0 Å². The molecule has 0 atom stereocenters. The molecule has 4 nitrogen and oxygen atoms in total. The van der Waals surface area contributed by atoms with Gasteiger partial charge in [-0.25, -0.2) is 0 Å². The molecule has 0 saturated heterocycles. The number of hydrogen-bond acceptors (Lipinski definition) is 3. The second-order valence-electron chi connectivity index (χ2n) is 4.47. The predicted octanol–water partition coefficient (Wildman–Crippen LogP) is 3.33. The van der Waals surface area contributed by atoms with Crippen LogP contribution in [0.15, 0.2) is 54.6 Å². The second-order valence-corrected chi connectivity index (χ2v) is 4.47. The van der Waals surface area contributed by atoms with Crippen molar-refractivity contribution in [2.24, 2.45) is 0 Å². The minimum Gasteiger partial charge on any atom is -0.312 e. The van der Waals surface area contributed by atoms with Crippen molar-refractivity contribution in [3.63, 3.8) is 0 Å². The molecule has 0 aliphatic carbocycles. The summed E-state index contributed by atoms with van der Waals surface area (Å²) < 4.78 is 0. The molecule has 2 aromatic rings. The molecule has 0 spiro atoms. The fraction of sp³-hybridized carbons (Fsp3) is 0.188. The third-order valence-electron chi connectivity index (χ3n) is 3.00. The summed E-state index contributed by atoms with van der Waals surface area (Å²) in [6.45, 7) is 1.31. The Morgan fingerprint density at radius 1 is 1.05 bits per heavy atom. The van der Waals surface area contributed by atoms with E-state index in [0.29, 0.717) is 6.54 Å². The monoisotopic (exact) mass is 269 g/mol. The van der Waals surface area contributed by atoms with Crippen molar-refractivity contribution in [2.45, 2.75) is 13.0 Å². The van der Waals surface area contributed by atoms with Crippen LogP contribution in [0.25, 0.3) is 0 Å². The molecule has 0 aromatic heterocycles. The molecule has 0 bridgehead atoms. The van der Waals surface area contributed by atoms with E-state index in [-0.39, 0.29) is 10.6 Å². The van der Waals surface area contributed by atoms with E-state index in [9.17, 15) is 10.1 Å². The molecule has 2 rings (SSSR count). The van der Waals surface area contributed by atoms with E-state index in [1.165, 1.54) is 11.6 Å². The van der Waals surface area contributed by atoms with Crippen LogP contribution in [-0.2, 0) is 6.54 Å². The van der Waals surface area contributed by atoms with Gasteiger partial charge in [0.15, 0.2) is 0 Å². The maximum atomic E-state index is 10.9. The van der Waals surface area contributed by atoms with Gasteiger partial charge in [-0.3, -0.25) is 10.1 Å². The minimum atomic E-state index is -0.340. The molecule has 0 aliphatic rings. The zero-order valence-corrected chi connectivity index (χ0v) is 11.2. The summed E-state index contributed by atoms with van der Waals surface area (Å²) in [6, 6.07) is 16.9. The van der Waals surface area contributed by atoms with Crippen LogP contribution in [0.4, 0.5) is 5.69 Å². The van der Waals surface area contributed by atoms with Crippen molar-refractivity contribution < 1.29 is 4.92 Å². The van der Waals surface area contributed by atoms with Crippen LogP contribution in [0.1, 0.15) is 17.5 Å².